The molecule has 0 saturated carbocycles. The Hall–Kier alpha value is -2.10. The van der Waals surface area contributed by atoms with Gasteiger partial charge in [-0.25, -0.2) is 0 Å². The molecule has 0 bridgehead atoms. The van der Waals surface area contributed by atoms with Crippen LogP contribution in [0, 0.1) is 0 Å². The summed E-state index contributed by atoms with van der Waals surface area (Å²) in [6.07, 6.45) is 3.12. The number of fused-ring (bicyclic) bond motifs is 1. The lowest BCUT2D eigenvalue weighted by Gasteiger charge is -2.38. The van der Waals surface area contributed by atoms with Gasteiger partial charge in [0.1, 0.15) is 5.58 Å². The second kappa shape index (κ2) is 5.35. The molecule has 0 aliphatic carbocycles. The molecule has 2 heterocycles. The number of para-hydroxylation sites is 1. The highest BCUT2D eigenvalue weighted by molar-refractivity contribution is 5.93. The van der Waals surface area contributed by atoms with E-state index in [0.29, 0.717) is 11.0 Å². The highest BCUT2D eigenvalue weighted by Gasteiger charge is 2.31. The summed E-state index contributed by atoms with van der Waals surface area (Å²) in [6.45, 7) is 4.10. The number of carbonyl (C=O) groups is 1. The van der Waals surface area contributed by atoms with Crippen LogP contribution in [0.5, 0.6) is 0 Å². The van der Waals surface area contributed by atoms with Crippen molar-refractivity contribution < 1.29 is 9.21 Å². The fraction of sp³-hybridized carbons (Fsp3) is 0.412. The topological polar surface area (TPSA) is 50.5 Å². The van der Waals surface area contributed by atoms with Crippen LogP contribution < -0.4 is 5.43 Å². The summed E-state index contributed by atoms with van der Waals surface area (Å²) in [7, 11) is 0. The van der Waals surface area contributed by atoms with Gasteiger partial charge < -0.3 is 9.32 Å². The third kappa shape index (κ3) is 2.46. The second-order valence-electron chi connectivity index (χ2n) is 5.81. The number of nitrogens with zero attached hydrogens (tertiary/aromatic N) is 1. The lowest BCUT2D eigenvalue weighted by atomic mass is 9.97. The van der Waals surface area contributed by atoms with Crippen molar-refractivity contribution in [3.8, 4) is 0 Å². The quantitative estimate of drug-likeness (QED) is 0.808. The summed E-state index contributed by atoms with van der Waals surface area (Å²) in [5.41, 5.74) is 0.295. The van der Waals surface area contributed by atoms with Gasteiger partial charge in [-0.2, -0.15) is 0 Å². The summed E-state index contributed by atoms with van der Waals surface area (Å²) in [5, 5.41) is 0.508. The van der Waals surface area contributed by atoms with Gasteiger partial charge in [-0.3, -0.25) is 9.59 Å². The van der Waals surface area contributed by atoms with Crippen molar-refractivity contribution in [2.45, 2.75) is 45.2 Å². The molecule has 4 nitrogen and oxygen atoms in total. The van der Waals surface area contributed by atoms with E-state index in [9.17, 15) is 9.59 Å². The number of piperidine rings is 1. The van der Waals surface area contributed by atoms with Gasteiger partial charge in [0.05, 0.1) is 5.39 Å². The maximum absolute atomic E-state index is 12.7. The first kappa shape index (κ1) is 13.9. The number of hydrogen-bond acceptors (Lipinski definition) is 3. The molecule has 21 heavy (non-hydrogen) atoms. The molecule has 4 heteroatoms. The molecule has 0 unspecified atom stereocenters. The summed E-state index contributed by atoms with van der Waals surface area (Å²) in [6, 6.07) is 8.69. The summed E-state index contributed by atoms with van der Waals surface area (Å²) < 4.78 is 5.66. The number of rotatable bonds is 1. The predicted octanol–water partition coefficient (Wildman–Crippen LogP) is 3.20. The van der Waals surface area contributed by atoms with Crippen molar-refractivity contribution in [2.75, 3.05) is 0 Å². The molecule has 0 radical (unpaired) electrons. The first-order chi connectivity index (χ1) is 10.1. The van der Waals surface area contributed by atoms with Gasteiger partial charge in [-0.15, -0.1) is 0 Å². The monoisotopic (exact) mass is 285 g/mol. The van der Waals surface area contributed by atoms with Crippen LogP contribution in [-0.2, 0) is 0 Å². The zero-order valence-corrected chi connectivity index (χ0v) is 12.3. The number of hydrogen-bond donors (Lipinski definition) is 0. The lowest BCUT2D eigenvalue weighted by molar-refractivity contribution is 0.0479. The molecule has 1 aromatic carbocycles. The Morgan fingerprint density at radius 2 is 1.86 bits per heavy atom. The first-order valence-corrected chi connectivity index (χ1v) is 7.43. The largest absolute Gasteiger partial charge is 0.451 e. The molecule has 1 aromatic heterocycles. The van der Waals surface area contributed by atoms with Gasteiger partial charge in [-0.05, 0) is 45.2 Å². The smallest absolute Gasteiger partial charge is 0.290 e. The van der Waals surface area contributed by atoms with E-state index in [1.165, 1.54) is 6.07 Å². The molecule has 110 valence electrons. The van der Waals surface area contributed by atoms with Gasteiger partial charge in [0.2, 0.25) is 0 Å². The fourth-order valence-corrected chi connectivity index (χ4v) is 3.16. The highest BCUT2D eigenvalue weighted by atomic mass is 16.3. The molecule has 0 spiro atoms. The summed E-state index contributed by atoms with van der Waals surface area (Å²) >= 11 is 0. The van der Waals surface area contributed by atoms with E-state index in [2.05, 4.69) is 0 Å². The second-order valence-corrected chi connectivity index (χ2v) is 5.81. The molecular formula is C17H19NO3. The van der Waals surface area contributed by atoms with Crippen LogP contribution in [0.1, 0.15) is 43.7 Å². The van der Waals surface area contributed by atoms with Gasteiger partial charge in [0, 0.05) is 18.2 Å². The zero-order valence-electron chi connectivity index (χ0n) is 12.3. The molecule has 0 N–H and O–H groups in total. The minimum absolute atomic E-state index is 0.138. The standard InChI is InChI=1S/C17H19NO3/c1-11-6-5-7-12(2)18(11)17(20)16-10-14(19)13-8-3-4-9-15(13)21-16/h3-4,8-12H,5-7H2,1-2H3/t11-,12-/m0/s1. The molecule has 1 fully saturated rings. The van der Waals surface area contributed by atoms with Crippen LogP contribution in [0.2, 0.25) is 0 Å². The van der Waals surface area contributed by atoms with Crippen LogP contribution in [0.4, 0.5) is 0 Å². The zero-order chi connectivity index (χ0) is 15.0. The summed E-state index contributed by atoms with van der Waals surface area (Å²) in [4.78, 5) is 26.7. The van der Waals surface area contributed by atoms with Gasteiger partial charge in [0.25, 0.3) is 5.91 Å². The highest BCUT2D eigenvalue weighted by Crippen LogP contribution is 2.25. The SMILES string of the molecule is C[C@H]1CCC[C@H](C)N1C(=O)c1cc(=O)c2ccccc2o1. The Labute approximate surface area is 123 Å². The molecular weight excluding hydrogens is 266 g/mol. The predicted molar refractivity (Wildman–Crippen MR) is 81.4 cm³/mol. The van der Waals surface area contributed by atoms with Crippen molar-refractivity contribution >= 4 is 16.9 Å². The number of likely N-dealkylation sites (tertiary alicyclic amines) is 1. The Balaban J connectivity index is 2.03. The van der Waals surface area contributed by atoms with Crippen LogP contribution in [-0.4, -0.2) is 22.9 Å². The molecule has 1 saturated heterocycles. The van der Waals surface area contributed by atoms with Crippen LogP contribution in [0.25, 0.3) is 11.0 Å². The van der Waals surface area contributed by atoms with Crippen molar-refractivity contribution in [3.05, 3.63) is 46.3 Å². The average molecular weight is 285 g/mol. The Bertz CT molecular complexity index is 724. The van der Waals surface area contributed by atoms with Crippen LogP contribution in [0.3, 0.4) is 0 Å². The minimum atomic E-state index is -0.183. The van der Waals surface area contributed by atoms with Crippen molar-refractivity contribution in [3.63, 3.8) is 0 Å². The molecule has 1 amide bonds. The maximum atomic E-state index is 12.7. The van der Waals surface area contributed by atoms with E-state index < -0.39 is 0 Å². The third-order valence-electron chi connectivity index (χ3n) is 4.27. The molecule has 1 aliphatic heterocycles. The molecule has 2 atom stereocenters. The lowest BCUT2D eigenvalue weighted by Crippen LogP contribution is -2.47. The van der Waals surface area contributed by atoms with Gasteiger partial charge in [-0.1, -0.05) is 12.1 Å². The number of benzene rings is 1. The Morgan fingerprint density at radius 3 is 2.57 bits per heavy atom. The van der Waals surface area contributed by atoms with Crippen LogP contribution in [0.15, 0.2) is 39.5 Å². The fourth-order valence-electron chi connectivity index (χ4n) is 3.16. The van der Waals surface area contributed by atoms with E-state index >= 15 is 0 Å². The van der Waals surface area contributed by atoms with E-state index in [-0.39, 0.29) is 29.2 Å². The summed E-state index contributed by atoms with van der Waals surface area (Å²) in [5.74, 6) is -0.0446. The van der Waals surface area contributed by atoms with E-state index in [0.717, 1.165) is 19.3 Å². The van der Waals surface area contributed by atoms with E-state index in [1.807, 2.05) is 18.7 Å². The van der Waals surface area contributed by atoms with Gasteiger partial charge >= 0.3 is 0 Å². The minimum Gasteiger partial charge on any atom is -0.451 e. The average Bonchev–Trinajstić information content (AvgIpc) is 2.47. The van der Waals surface area contributed by atoms with Crippen molar-refractivity contribution in [2.24, 2.45) is 0 Å². The Morgan fingerprint density at radius 1 is 1.19 bits per heavy atom. The third-order valence-corrected chi connectivity index (χ3v) is 4.27. The van der Waals surface area contributed by atoms with E-state index in [4.69, 9.17) is 4.42 Å². The van der Waals surface area contributed by atoms with Crippen molar-refractivity contribution in [1.82, 2.24) is 4.90 Å². The molecule has 3 rings (SSSR count). The number of amides is 1. The normalized spacial score (nSPS) is 22.5. The maximum Gasteiger partial charge on any atom is 0.290 e. The Kier molecular flexibility index (Phi) is 3.53. The van der Waals surface area contributed by atoms with Crippen LogP contribution >= 0.6 is 0 Å². The number of carbonyl (C=O) groups excluding carboxylic acids is 1. The van der Waals surface area contributed by atoms with Gasteiger partial charge in [0.15, 0.2) is 11.2 Å². The van der Waals surface area contributed by atoms with Crippen molar-refractivity contribution in [1.29, 1.82) is 0 Å². The van der Waals surface area contributed by atoms with E-state index in [1.54, 1.807) is 24.3 Å². The molecule has 2 aromatic rings. The molecule has 1 aliphatic rings. The first-order valence-electron chi connectivity index (χ1n) is 7.43.